The van der Waals surface area contributed by atoms with Crippen LogP contribution < -0.4 is 5.32 Å². The molecule has 0 aliphatic carbocycles. The van der Waals surface area contributed by atoms with Crippen molar-refractivity contribution in [1.29, 1.82) is 0 Å². The second-order valence-electron chi connectivity index (χ2n) is 5.47. The number of nitrogens with one attached hydrogen (secondary N) is 1. The van der Waals surface area contributed by atoms with Crippen LogP contribution in [0.1, 0.15) is 48.9 Å². The molecule has 19 heavy (non-hydrogen) atoms. The van der Waals surface area contributed by atoms with Crippen LogP contribution in [0.2, 0.25) is 0 Å². The van der Waals surface area contributed by atoms with Gasteiger partial charge in [-0.1, -0.05) is 24.6 Å². The summed E-state index contributed by atoms with van der Waals surface area (Å²) >= 11 is 0. The van der Waals surface area contributed by atoms with Crippen molar-refractivity contribution in [3.05, 3.63) is 28.8 Å². The van der Waals surface area contributed by atoms with E-state index in [1.807, 2.05) is 26.0 Å². The van der Waals surface area contributed by atoms with Crippen molar-refractivity contribution in [2.45, 2.75) is 51.0 Å². The molecule has 1 unspecified atom stereocenters. The number of fused-ring (bicyclic) bond motifs is 1. The molecule has 106 valence electrons. The highest BCUT2D eigenvalue weighted by Crippen LogP contribution is 2.34. The molecule has 0 saturated carbocycles. The zero-order chi connectivity index (χ0) is 14.0. The van der Waals surface area contributed by atoms with E-state index in [2.05, 4.69) is 12.2 Å². The number of hydrogen-bond acceptors (Lipinski definition) is 3. The lowest BCUT2D eigenvalue weighted by atomic mass is 9.98. The Hall–Kier alpha value is -0.870. The Balaban J connectivity index is 2.56. The Kier molecular flexibility index (Phi) is 4.31. The second-order valence-corrected chi connectivity index (χ2v) is 7.51. The van der Waals surface area contributed by atoms with Crippen molar-refractivity contribution < 1.29 is 8.42 Å². The summed E-state index contributed by atoms with van der Waals surface area (Å²) in [5.41, 5.74) is 3.00. The first-order valence-electron chi connectivity index (χ1n) is 7.03. The molecule has 0 aromatic heterocycles. The maximum absolute atomic E-state index is 12.4. The Morgan fingerprint density at radius 2 is 2.05 bits per heavy atom. The summed E-state index contributed by atoms with van der Waals surface area (Å²) < 4.78 is 24.8. The molecule has 1 aromatic carbocycles. The zero-order valence-corrected chi connectivity index (χ0v) is 12.8. The average Bonchev–Trinajstić information content (AvgIpc) is 2.43. The van der Waals surface area contributed by atoms with E-state index in [9.17, 15) is 8.42 Å². The third-order valence-electron chi connectivity index (χ3n) is 3.68. The molecular weight excluding hydrogens is 258 g/mol. The van der Waals surface area contributed by atoms with E-state index < -0.39 is 9.84 Å². The van der Waals surface area contributed by atoms with Crippen LogP contribution >= 0.6 is 0 Å². The smallest absolute Gasteiger partial charge is 0.178 e. The minimum Gasteiger partial charge on any atom is -0.310 e. The molecule has 3 nitrogen and oxygen atoms in total. The van der Waals surface area contributed by atoms with Gasteiger partial charge in [0.1, 0.15) is 0 Å². The summed E-state index contributed by atoms with van der Waals surface area (Å²) in [5, 5.41) is 3.50. The number of rotatable bonds is 3. The lowest BCUT2D eigenvalue weighted by Crippen LogP contribution is -2.22. The first-order chi connectivity index (χ1) is 8.95. The summed E-state index contributed by atoms with van der Waals surface area (Å²) in [6, 6.07) is 4.18. The van der Waals surface area contributed by atoms with Crippen LogP contribution in [0.4, 0.5) is 0 Å². The van der Waals surface area contributed by atoms with E-state index in [1.165, 1.54) is 0 Å². The van der Waals surface area contributed by atoms with E-state index in [-0.39, 0.29) is 11.8 Å². The third-order valence-corrected chi connectivity index (χ3v) is 5.69. The molecule has 4 heteroatoms. The van der Waals surface area contributed by atoms with Gasteiger partial charge < -0.3 is 5.32 Å². The summed E-state index contributed by atoms with van der Waals surface area (Å²) in [7, 11) is -3.12. The topological polar surface area (TPSA) is 46.2 Å². The minimum absolute atomic E-state index is 0.172. The summed E-state index contributed by atoms with van der Waals surface area (Å²) in [6.45, 7) is 6.99. The maximum Gasteiger partial charge on any atom is 0.178 e. The van der Waals surface area contributed by atoms with Gasteiger partial charge in [0, 0.05) is 6.04 Å². The van der Waals surface area contributed by atoms with Gasteiger partial charge in [-0.25, -0.2) is 8.42 Å². The SMILES string of the molecule is CCCNC1CCCS(=O)(=O)c2c(C)cc(C)cc21. The molecule has 0 fully saturated rings. The maximum atomic E-state index is 12.4. The van der Waals surface area contributed by atoms with E-state index in [1.54, 1.807) is 0 Å². The van der Waals surface area contributed by atoms with Crippen molar-refractivity contribution in [2.75, 3.05) is 12.3 Å². The number of sulfone groups is 1. The molecule has 0 radical (unpaired) electrons. The van der Waals surface area contributed by atoms with Gasteiger partial charge in [-0.15, -0.1) is 0 Å². The van der Waals surface area contributed by atoms with Gasteiger partial charge in [-0.2, -0.15) is 0 Å². The normalized spacial score (nSPS) is 21.7. The van der Waals surface area contributed by atoms with Crippen LogP contribution in [0, 0.1) is 13.8 Å². The fourth-order valence-corrected chi connectivity index (χ4v) is 4.80. The molecular formula is C15H23NO2S. The molecule has 1 aliphatic heterocycles. The highest BCUT2D eigenvalue weighted by atomic mass is 32.2. The fourth-order valence-electron chi connectivity index (χ4n) is 2.94. The molecule has 1 heterocycles. The predicted octanol–water partition coefficient (Wildman–Crippen LogP) is 2.91. The van der Waals surface area contributed by atoms with Gasteiger partial charge in [0.05, 0.1) is 10.6 Å². The van der Waals surface area contributed by atoms with Crippen LogP contribution in [-0.2, 0) is 9.84 Å². The first kappa shape index (κ1) is 14.5. The predicted molar refractivity (Wildman–Crippen MR) is 78.2 cm³/mol. The molecule has 1 N–H and O–H groups in total. The Morgan fingerprint density at radius 3 is 2.74 bits per heavy atom. The lowest BCUT2D eigenvalue weighted by molar-refractivity contribution is 0.492. The largest absolute Gasteiger partial charge is 0.310 e. The highest BCUT2D eigenvalue weighted by Gasteiger charge is 2.29. The quantitative estimate of drug-likeness (QED) is 0.926. The summed E-state index contributed by atoms with van der Waals surface area (Å²) in [4.78, 5) is 0.573. The fraction of sp³-hybridized carbons (Fsp3) is 0.600. The number of hydrogen-bond donors (Lipinski definition) is 1. The van der Waals surface area contributed by atoms with Gasteiger partial charge in [0.2, 0.25) is 0 Å². The van der Waals surface area contributed by atoms with Crippen LogP contribution in [0.3, 0.4) is 0 Å². The van der Waals surface area contributed by atoms with Crippen LogP contribution in [0.5, 0.6) is 0 Å². The van der Waals surface area contributed by atoms with Crippen LogP contribution in [-0.4, -0.2) is 20.7 Å². The van der Waals surface area contributed by atoms with Crippen LogP contribution in [0.25, 0.3) is 0 Å². The molecule has 1 atom stereocenters. The second kappa shape index (κ2) is 5.63. The van der Waals surface area contributed by atoms with E-state index in [0.717, 1.165) is 42.5 Å². The van der Waals surface area contributed by atoms with Crippen molar-refractivity contribution in [3.63, 3.8) is 0 Å². The molecule has 0 spiro atoms. The molecule has 1 aromatic rings. The molecule has 1 aliphatic rings. The van der Waals surface area contributed by atoms with Gasteiger partial charge in [-0.05, 0) is 50.8 Å². The van der Waals surface area contributed by atoms with E-state index in [4.69, 9.17) is 0 Å². The molecule has 0 amide bonds. The third kappa shape index (κ3) is 3.00. The minimum atomic E-state index is -3.12. The van der Waals surface area contributed by atoms with Crippen molar-refractivity contribution in [1.82, 2.24) is 5.32 Å². The molecule has 0 saturated heterocycles. The van der Waals surface area contributed by atoms with Gasteiger partial charge in [0.25, 0.3) is 0 Å². The van der Waals surface area contributed by atoms with E-state index in [0.29, 0.717) is 4.90 Å². The standard InChI is InChI=1S/C15H23NO2S/c1-4-7-16-14-6-5-8-19(17,18)15-12(3)9-11(2)10-13(14)15/h9-10,14,16H,4-8H2,1-3H3. The molecule has 0 bridgehead atoms. The number of aryl methyl sites for hydroxylation is 2. The Morgan fingerprint density at radius 1 is 1.32 bits per heavy atom. The Bertz CT molecular complexity index is 564. The highest BCUT2D eigenvalue weighted by molar-refractivity contribution is 7.91. The van der Waals surface area contributed by atoms with Gasteiger partial charge in [0.15, 0.2) is 9.84 Å². The van der Waals surface area contributed by atoms with Crippen molar-refractivity contribution >= 4 is 9.84 Å². The Labute approximate surface area is 116 Å². The zero-order valence-electron chi connectivity index (χ0n) is 12.0. The first-order valence-corrected chi connectivity index (χ1v) is 8.68. The van der Waals surface area contributed by atoms with Gasteiger partial charge >= 0.3 is 0 Å². The summed E-state index contributed by atoms with van der Waals surface area (Å²) in [6.07, 6.45) is 2.69. The van der Waals surface area contributed by atoms with Crippen molar-refractivity contribution in [2.24, 2.45) is 0 Å². The summed E-state index contributed by atoms with van der Waals surface area (Å²) in [5.74, 6) is 0.272. The van der Waals surface area contributed by atoms with Crippen LogP contribution in [0.15, 0.2) is 17.0 Å². The van der Waals surface area contributed by atoms with Gasteiger partial charge in [-0.3, -0.25) is 0 Å². The van der Waals surface area contributed by atoms with Crippen molar-refractivity contribution in [3.8, 4) is 0 Å². The molecule has 2 rings (SSSR count). The monoisotopic (exact) mass is 281 g/mol. The average molecular weight is 281 g/mol. The van der Waals surface area contributed by atoms with E-state index >= 15 is 0 Å². The lowest BCUT2D eigenvalue weighted by Gasteiger charge is -2.20. The number of benzene rings is 1.